The van der Waals surface area contributed by atoms with Crippen molar-refractivity contribution in [3.8, 4) is 0 Å². The Morgan fingerprint density at radius 3 is 2.47 bits per heavy atom. The van der Waals surface area contributed by atoms with Crippen LogP contribution in [0.25, 0.3) is 0 Å². The predicted molar refractivity (Wildman–Crippen MR) is 82.3 cm³/mol. The molecule has 0 saturated heterocycles. The van der Waals surface area contributed by atoms with Crippen molar-refractivity contribution in [3.63, 3.8) is 0 Å². The van der Waals surface area contributed by atoms with Gasteiger partial charge in [-0.15, -0.1) is 11.8 Å². The van der Waals surface area contributed by atoms with Crippen molar-refractivity contribution >= 4 is 39.9 Å². The van der Waals surface area contributed by atoms with Crippen LogP contribution < -0.4 is 0 Å². The van der Waals surface area contributed by atoms with E-state index in [-0.39, 0.29) is 4.75 Å². The highest BCUT2D eigenvalue weighted by molar-refractivity contribution is 9.10. The lowest BCUT2D eigenvalue weighted by molar-refractivity contribution is 0.780. The van der Waals surface area contributed by atoms with E-state index in [2.05, 4.69) is 60.5 Å². The van der Waals surface area contributed by atoms with Crippen LogP contribution in [0.3, 0.4) is 0 Å². The van der Waals surface area contributed by atoms with E-state index in [0.29, 0.717) is 10.6 Å². The van der Waals surface area contributed by atoms with Crippen molar-refractivity contribution in [1.29, 1.82) is 0 Å². The van der Waals surface area contributed by atoms with Gasteiger partial charge < -0.3 is 4.98 Å². The van der Waals surface area contributed by atoms with Crippen LogP contribution in [-0.2, 0) is 5.75 Å². The monoisotopic (exact) mass is 334 g/mol. The molecule has 0 atom stereocenters. The molecule has 1 aromatic heterocycles. The van der Waals surface area contributed by atoms with Crippen LogP contribution in [0.4, 0.5) is 0 Å². The number of aromatic amines is 1. The molecule has 0 aliphatic carbocycles. The molecule has 0 fully saturated rings. The smallest absolute Gasteiger partial charge is 0.144 e. The van der Waals surface area contributed by atoms with E-state index in [0.717, 1.165) is 21.7 Å². The average Bonchev–Trinajstić information content (AvgIpc) is 2.18. The van der Waals surface area contributed by atoms with E-state index in [9.17, 15) is 0 Å². The second-order valence-electron chi connectivity index (χ2n) is 5.27. The lowest BCUT2D eigenvalue weighted by atomic mass is 10.1. The molecule has 0 amide bonds. The fraction of sp³-hybridized carbons (Fsp3) is 0.667. The molecule has 96 valence electrons. The third-order valence-electron chi connectivity index (χ3n) is 2.16. The highest BCUT2D eigenvalue weighted by Crippen LogP contribution is 2.28. The maximum absolute atomic E-state index is 5.27. The van der Waals surface area contributed by atoms with E-state index in [1.54, 1.807) is 0 Å². The van der Waals surface area contributed by atoms with Crippen LogP contribution in [0, 0.1) is 4.64 Å². The van der Waals surface area contributed by atoms with Gasteiger partial charge in [0.1, 0.15) is 10.5 Å². The van der Waals surface area contributed by atoms with Gasteiger partial charge in [0.2, 0.25) is 0 Å². The van der Waals surface area contributed by atoms with Gasteiger partial charge >= 0.3 is 0 Å². The lowest BCUT2D eigenvalue weighted by Crippen LogP contribution is -2.09. The molecule has 17 heavy (non-hydrogen) atoms. The summed E-state index contributed by atoms with van der Waals surface area (Å²) in [7, 11) is 0. The molecular weight excluding hydrogens is 316 g/mol. The van der Waals surface area contributed by atoms with Gasteiger partial charge in [-0.25, -0.2) is 4.98 Å². The van der Waals surface area contributed by atoms with Gasteiger partial charge in [-0.05, 0) is 21.8 Å². The zero-order valence-electron chi connectivity index (χ0n) is 10.9. The molecule has 0 aliphatic heterocycles. The summed E-state index contributed by atoms with van der Waals surface area (Å²) in [5, 5.41) is 0. The Morgan fingerprint density at radius 2 is 2.00 bits per heavy atom. The van der Waals surface area contributed by atoms with Crippen molar-refractivity contribution in [3.05, 3.63) is 20.6 Å². The summed E-state index contributed by atoms with van der Waals surface area (Å²) in [6, 6.07) is 0. The Balaban J connectivity index is 2.99. The van der Waals surface area contributed by atoms with Crippen LogP contribution in [0.15, 0.2) is 4.47 Å². The molecule has 2 nitrogen and oxygen atoms in total. The number of aromatic nitrogens is 2. The van der Waals surface area contributed by atoms with Gasteiger partial charge in [-0.3, -0.25) is 0 Å². The average molecular weight is 335 g/mol. The minimum Gasteiger partial charge on any atom is -0.345 e. The Bertz CT molecular complexity index is 447. The Labute approximate surface area is 121 Å². The molecule has 0 bridgehead atoms. The molecule has 0 spiro atoms. The fourth-order valence-corrected chi connectivity index (χ4v) is 2.85. The standard InChI is InChI=1S/C12H19BrN2S2/c1-7(2)10-9(13)11(16)15-8(14-10)6-17-12(3,4)5/h7H,6H2,1-5H3,(H,14,15,16). The number of hydrogen-bond acceptors (Lipinski definition) is 3. The summed E-state index contributed by atoms with van der Waals surface area (Å²) in [6.07, 6.45) is 0. The van der Waals surface area contributed by atoms with Gasteiger partial charge in [-0.1, -0.05) is 46.8 Å². The van der Waals surface area contributed by atoms with Crippen LogP contribution in [0.2, 0.25) is 0 Å². The largest absolute Gasteiger partial charge is 0.345 e. The minimum atomic E-state index is 0.238. The molecule has 0 aromatic carbocycles. The summed E-state index contributed by atoms with van der Waals surface area (Å²) in [5.41, 5.74) is 1.13. The predicted octanol–water partition coefficient (Wildman–Crippen LogP) is 5.06. The van der Waals surface area contributed by atoms with E-state index >= 15 is 0 Å². The first kappa shape index (κ1) is 15.2. The topological polar surface area (TPSA) is 28.7 Å². The first-order valence-corrected chi connectivity index (χ1v) is 7.82. The summed E-state index contributed by atoms with van der Waals surface area (Å²) >= 11 is 10.6. The summed E-state index contributed by atoms with van der Waals surface area (Å²) in [6.45, 7) is 10.9. The van der Waals surface area contributed by atoms with E-state index in [4.69, 9.17) is 12.2 Å². The quantitative estimate of drug-likeness (QED) is 0.783. The minimum absolute atomic E-state index is 0.238. The molecule has 0 saturated carbocycles. The first-order chi connectivity index (χ1) is 7.70. The Hall–Kier alpha value is 0.130. The van der Waals surface area contributed by atoms with Gasteiger partial charge in [0, 0.05) is 10.4 Å². The molecule has 5 heteroatoms. The second kappa shape index (κ2) is 5.85. The Kier molecular flexibility index (Phi) is 5.22. The maximum atomic E-state index is 5.27. The second-order valence-corrected chi connectivity index (χ2v) is 8.25. The number of nitrogens with zero attached hydrogens (tertiary/aromatic N) is 1. The van der Waals surface area contributed by atoms with E-state index in [1.807, 2.05) is 11.8 Å². The summed E-state index contributed by atoms with van der Waals surface area (Å²) in [4.78, 5) is 7.79. The molecule has 1 aromatic rings. The van der Waals surface area contributed by atoms with Crippen molar-refractivity contribution in [2.75, 3.05) is 0 Å². The van der Waals surface area contributed by atoms with Crippen molar-refractivity contribution in [1.82, 2.24) is 9.97 Å². The SMILES string of the molecule is CC(C)c1[nH]c(CSC(C)(C)C)nc(=S)c1Br. The van der Waals surface area contributed by atoms with Crippen molar-refractivity contribution in [2.24, 2.45) is 0 Å². The number of thioether (sulfide) groups is 1. The fourth-order valence-electron chi connectivity index (χ4n) is 1.28. The first-order valence-electron chi connectivity index (χ1n) is 5.63. The highest BCUT2D eigenvalue weighted by atomic mass is 79.9. The van der Waals surface area contributed by atoms with Gasteiger partial charge in [0.25, 0.3) is 0 Å². The third-order valence-corrected chi connectivity index (χ3v) is 4.80. The molecule has 0 unspecified atom stereocenters. The number of nitrogens with one attached hydrogen (secondary N) is 1. The van der Waals surface area contributed by atoms with Crippen LogP contribution in [0.1, 0.15) is 52.1 Å². The molecule has 1 rings (SSSR count). The third kappa shape index (κ3) is 4.72. The van der Waals surface area contributed by atoms with Gasteiger partial charge in [0.05, 0.1) is 10.2 Å². The number of halogens is 1. The van der Waals surface area contributed by atoms with Crippen molar-refractivity contribution in [2.45, 2.75) is 51.0 Å². The van der Waals surface area contributed by atoms with Gasteiger partial charge in [0.15, 0.2) is 0 Å². The molecule has 1 N–H and O–H groups in total. The normalized spacial score (nSPS) is 12.2. The summed E-state index contributed by atoms with van der Waals surface area (Å²) in [5.74, 6) is 2.23. The zero-order chi connectivity index (χ0) is 13.2. The van der Waals surface area contributed by atoms with Crippen LogP contribution in [-0.4, -0.2) is 14.7 Å². The van der Waals surface area contributed by atoms with E-state index < -0.39 is 0 Å². The van der Waals surface area contributed by atoms with Crippen LogP contribution in [0.5, 0.6) is 0 Å². The molecule has 0 radical (unpaired) electrons. The lowest BCUT2D eigenvalue weighted by Gasteiger charge is -2.18. The number of rotatable bonds is 3. The maximum Gasteiger partial charge on any atom is 0.144 e. The molecule has 0 aliphatic rings. The molecule has 1 heterocycles. The molecular formula is C12H19BrN2S2. The summed E-state index contributed by atoms with van der Waals surface area (Å²) < 4.78 is 1.81. The number of hydrogen-bond donors (Lipinski definition) is 1. The van der Waals surface area contributed by atoms with Gasteiger partial charge in [-0.2, -0.15) is 0 Å². The highest BCUT2D eigenvalue weighted by Gasteiger charge is 2.14. The van der Waals surface area contributed by atoms with E-state index in [1.165, 1.54) is 0 Å². The van der Waals surface area contributed by atoms with Crippen molar-refractivity contribution < 1.29 is 0 Å². The zero-order valence-corrected chi connectivity index (χ0v) is 14.1. The Morgan fingerprint density at radius 1 is 1.41 bits per heavy atom. The number of H-pyrrole nitrogens is 1. The van der Waals surface area contributed by atoms with Crippen LogP contribution >= 0.6 is 39.9 Å².